The number of nitrogens with one attached hydrogen (secondary N) is 1. The topological polar surface area (TPSA) is 129 Å². The lowest BCUT2D eigenvalue weighted by Crippen LogP contribution is -2.53. The number of fused-ring (bicyclic) bond motifs is 1. The monoisotopic (exact) mass is 638 g/mol. The largest absolute Gasteiger partial charge is 0.497 e. The molecule has 242 valence electrons. The summed E-state index contributed by atoms with van der Waals surface area (Å²) in [5.41, 5.74) is 0.431. The molecule has 0 bridgehead atoms. The molecule has 2 aromatic heterocycles. The maximum Gasteiger partial charge on any atom is 0.411 e. The van der Waals surface area contributed by atoms with E-state index in [1.165, 1.54) is 16.2 Å². The fraction of sp³-hybridized carbons (Fsp3) is 0.545. The maximum atomic E-state index is 13.8. The molecule has 0 spiro atoms. The van der Waals surface area contributed by atoms with E-state index < -0.39 is 41.3 Å². The van der Waals surface area contributed by atoms with E-state index in [0.29, 0.717) is 29.1 Å². The van der Waals surface area contributed by atoms with Crippen LogP contribution in [0.1, 0.15) is 72.9 Å². The summed E-state index contributed by atoms with van der Waals surface area (Å²) in [4.78, 5) is 51.0. The fourth-order valence-electron chi connectivity index (χ4n) is 5.51. The predicted octanol–water partition coefficient (Wildman–Crippen LogP) is 5.71. The van der Waals surface area contributed by atoms with Gasteiger partial charge in [-0.05, 0) is 58.1 Å². The van der Waals surface area contributed by atoms with E-state index in [1.54, 1.807) is 34.8 Å². The van der Waals surface area contributed by atoms with Crippen molar-refractivity contribution in [2.24, 2.45) is 5.92 Å². The lowest BCUT2D eigenvalue weighted by atomic mass is 10.1. The molecule has 45 heavy (non-hydrogen) atoms. The first-order valence-electron chi connectivity index (χ1n) is 15.3. The number of ether oxygens (including phenoxy) is 4. The molecule has 1 aliphatic carbocycles. The number of rotatable bonds is 9. The molecule has 2 aliphatic rings. The number of benzene rings is 1. The second-order valence-corrected chi connectivity index (χ2v) is 13.9. The Hall–Kier alpha value is -3.93. The van der Waals surface area contributed by atoms with Crippen molar-refractivity contribution in [2.45, 2.75) is 90.5 Å². The second kappa shape index (κ2) is 12.5. The Morgan fingerprint density at radius 2 is 1.91 bits per heavy atom. The van der Waals surface area contributed by atoms with E-state index in [-0.39, 0.29) is 31.4 Å². The van der Waals surface area contributed by atoms with Crippen LogP contribution in [0, 0.1) is 5.92 Å². The number of likely N-dealkylation sites (tertiary alicyclic amines) is 1. The Morgan fingerprint density at radius 1 is 1.18 bits per heavy atom. The number of hydrogen-bond donors (Lipinski definition) is 1. The zero-order valence-corrected chi connectivity index (χ0v) is 27.9. The van der Waals surface area contributed by atoms with Gasteiger partial charge in [0.25, 0.3) is 0 Å². The van der Waals surface area contributed by atoms with Gasteiger partial charge in [-0.2, -0.15) is 0 Å². The van der Waals surface area contributed by atoms with E-state index in [2.05, 4.69) is 19.2 Å². The van der Waals surface area contributed by atoms with Crippen molar-refractivity contribution >= 4 is 40.2 Å². The summed E-state index contributed by atoms with van der Waals surface area (Å²) in [6, 6.07) is 6.49. The number of pyridine rings is 1. The number of methoxy groups -OCH3 is 1. The summed E-state index contributed by atoms with van der Waals surface area (Å²) >= 11 is 1.51. The molecule has 2 amide bonds. The van der Waals surface area contributed by atoms with Gasteiger partial charge in [0, 0.05) is 29.3 Å². The molecule has 1 N–H and O–H groups in total. The lowest BCUT2D eigenvalue weighted by molar-refractivity contribution is -0.149. The molecule has 3 heterocycles. The zero-order valence-electron chi connectivity index (χ0n) is 27.1. The zero-order chi connectivity index (χ0) is 32.7. The summed E-state index contributed by atoms with van der Waals surface area (Å²) in [5.74, 6) is 0.484. The molecule has 3 aromatic rings. The summed E-state index contributed by atoms with van der Waals surface area (Å²) in [6.07, 6.45) is -0.507. The van der Waals surface area contributed by atoms with E-state index >= 15 is 0 Å². The van der Waals surface area contributed by atoms with E-state index in [1.807, 2.05) is 36.6 Å². The molecular formula is C33H42N4O7S. The first-order chi connectivity index (χ1) is 21.2. The fourth-order valence-corrected chi connectivity index (χ4v) is 6.45. The van der Waals surface area contributed by atoms with Gasteiger partial charge in [0.15, 0.2) is 0 Å². The van der Waals surface area contributed by atoms with Gasteiger partial charge in [-0.3, -0.25) is 9.69 Å². The van der Waals surface area contributed by atoms with Gasteiger partial charge in [-0.15, -0.1) is 11.3 Å². The molecule has 11 nitrogen and oxygen atoms in total. The quantitative estimate of drug-likeness (QED) is 0.293. The average Bonchev–Trinajstić information content (AvgIpc) is 3.33. The number of carbonyl (C=O) groups is 3. The first kappa shape index (κ1) is 32.5. The van der Waals surface area contributed by atoms with Crippen LogP contribution in [0.5, 0.6) is 11.5 Å². The Kier molecular flexibility index (Phi) is 8.99. The van der Waals surface area contributed by atoms with Crippen molar-refractivity contribution in [3.8, 4) is 22.2 Å². The average molecular weight is 639 g/mol. The number of carbonyl (C=O) groups excluding carboxylic acids is 3. The Bertz CT molecular complexity index is 1600. The SMILES string of the molecule is CCOC(=O)[C@@]1(NC(=O)C2C[C@@H](Oc3cc(-c4nc(C(C)C)cs4)nc4cc(OC)ccc34)CN2C(=O)OC(C)(C)C)C[C@H]1C. The highest BCUT2D eigenvalue weighted by molar-refractivity contribution is 7.13. The number of esters is 1. The van der Waals surface area contributed by atoms with Crippen LogP contribution in [0.3, 0.4) is 0 Å². The van der Waals surface area contributed by atoms with Crippen molar-refractivity contribution < 1.29 is 33.3 Å². The van der Waals surface area contributed by atoms with Gasteiger partial charge in [0.2, 0.25) is 5.91 Å². The first-order valence-corrected chi connectivity index (χ1v) is 16.2. The molecule has 1 unspecified atom stereocenters. The Balaban J connectivity index is 1.46. The molecule has 1 saturated heterocycles. The van der Waals surface area contributed by atoms with Crippen molar-refractivity contribution in [2.75, 3.05) is 20.3 Å². The molecule has 1 aliphatic heterocycles. The van der Waals surface area contributed by atoms with Gasteiger partial charge in [-0.1, -0.05) is 20.8 Å². The Morgan fingerprint density at radius 3 is 2.51 bits per heavy atom. The van der Waals surface area contributed by atoms with Gasteiger partial charge in [-0.25, -0.2) is 19.6 Å². The summed E-state index contributed by atoms with van der Waals surface area (Å²) < 4.78 is 23.0. The molecule has 1 aromatic carbocycles. The van der Waals surface area contributed by atoms with Gasteiger partial charge < -0.3 is 24.3 Å². The minimum atomic E-state index is -1.09. The van der Waals surface area contributed by atoms with Crippen molar-refractivity contribution in [1.29, 1.82) is 0 Å². The Labute approximate surface area is 267 Å². The summed E-state index contributed by atoms with van der Waals surface area (Å²) in [5, 5.41) is 6.45. The number of thiazole rings is 1. The van der Waals surface area contributed by atoms with Crippen LogP contribution in [0.4, 0.5) is 4.79 Å². The molecule has 2 fully saturated rings. The van der Waals surface area contributed by atoms with Gasteiger partial charge in [0.05, 0.1) is 31.5 Å². The highest BCUT2D eigenvalue weighted by Crippen LogP contribution is 2.44. The predicted molar refractivity (Wildman–Crippen MR) is 171 cm³/mol. The lowest BCUT2D eigenvalue weighted by Gasteiger charge is -2.28. The van der Waals surface area contributed by atoms with Gasteiger partial charge >= 0.3 is 12.1 Å². The standard InChI is InChI=1S/C33H42N4O7S/c1-9-42-30(39)33(15-19(33)4)36-28(38)26-13-21(16-37(26)31(40)44-32(5,6)7)43-27-14-24(29-35-25(17-45-29)18(2)3)34-23-12-20(41-8)10-11-22(23)27/h10-12,14,17-19,21,26H,9,13,15-16H2,1-8H3,(H,36,38)/t19-,21-,26?,33-/m1/s1. The van der Waals surface area contributed by atoms with E-state index in [4.69, 9.17) is 28.9 Å². The van der Waals surface area contributed by atoms with Crippen LogP contribution >= 0.6 is 11.3 Å². The molecule has 1 saturated carbocycles. The third-order valence-corrected chi connectivity index (χ3v) is 8.98. The highest BCUT2D eigenvalue weighted by Gasteiger charge is 2.61. The van der Waals surface area contributed by atoms with Crippen LogP contribution in [-0.4, -0.2) is 76.4 Å². The maximum absolute atomic E-state index is 13.8. The van der Waals surface area contributed by atoms with Crippen LogP contribution < -0.4 is 14.8 Å². The van der Waals surface area contributed by atoms with Crippen LogP contribution in [-0.2, 0) is 19.1 Å². The third kappa shape index (κ3) is 6.85. The smallest absolute Gasteiger partial charge is 0.411 e. The van der Waals surface area contributed by atoms with Crippen LogP contribution in [0.25, 0.3) is 21.6 Å². The van der Waals surface area contributed by atoms with Crippen molar-refractivity contribution in [3.05, 3.63) is 35.3 Å². The molecule has 0 radical (unpaired) electrons. The summed E-state index contributed by atoms with van der Waals surface area (Å²) in [7, 11) is 1.60. The molecular weight excluding hydrogens is 596 g/mol. The van der Waals surface area contributed by atoms with E-state index in [9.17, 15) is 14.4 Å². The minimum Gasteiger partial charge on any atom is -0.497 e. The number of amides is 2. The molecule has 4 atom stereocenters. The number of nitrogens with zero attached hydrogens (tertiary/aromatic N) is 3. The van der Waals surface area contributed by atoms with Crippen molar-refractivity contribution in [3.63, 3.8) is 0 Å². The molecule has 12 heteroatoms. The summed E-state index contributed by atoms with van der Waals surface area (Å²) in [6.45, 7) is 13.4. The second-order valence-electron chi connectivity index (χ2n) is 13.0. The minimum absolute atomic E-state index is 0.0791. The third-order valence-electron chi connectivity index (χ3n) is 8.09. The van der Waals surface area contributed by atoms with Crippen molar-refractivity contribution in [1.82, 2.24) is 20.2 Å². The van der Waals surface area contributed by atoms with Crippen LogP contribution in [0.2, 0.25) is 0 Å². The van der Waals surface area contributed by atoms with Gasteiger partial charge in [0.1, 0.15) is 45.5 Å². The normalized spacial score (nSPS) is 22.8. The number of aromatic nitrogens is 2. The van der Waals surface area contributed by atoms with Crippen LogP contribution in [0.15, 0.2) is 29.6 Å². The number of hydrogen-bond acceptors (Lipinski definition) is 10. The highest BCUT2D eigenvalue weighted by atomic mass is 32.1. The van der Waals surface area contributed by atoms with E-state index in [0.717, 1.165) is 16.1 Å². The molecule has 5 rings (SSSR count).